The summed E-state index contributed by atoms with van der Waals surface area (Å²) in [6, 6.07) is 13.8. The van der Waals surface area contributed by atoms with Crippen molar-refractivity contribution < 1.29 is 4.79 Å². The summed E-state index contributed by atoms with van der Waals surface area (Å²) < 4.78 is 0. The third-order valence-electron chi connectivity index (χ3n) is 4.89. The minimum Gasteiger partial charge on any atom is -0.368 e. The van der Waals surface area contributed by atoms with Crippen molar-refractivity contribution in [2.75, 3.05) is 36.8 Å². The molecule has 2 N–H and O–H groups in total. The number of anilines is 2. The molecule has 0 atom stereocenters. The quantitative estimate of drug-likeness (QED) is 0.737. The molecule has 6 nitrogen and oxygen atoms in total. The van der Waals surface area contributed by atoms with E-state index in [4.69, 9.17) is 17.3 Å². The van der Waals surface area contributed by atoms with E-state index in [0.717, 1.165) is 40.9 Å². The summed E-state index contributed by atoms with van der Waals surface area (Å²) in [5.41, 5.74) is 8.89. The molecule has 27 heavy (non-hydrogen) atoms. The Morgan fingerprint density at radius 1 is 1.00 bits per heavy atom. The SMILES string of the molecule is CC(=O)N1CCN(c2nc(N)nc3ccc(-c4ccc(Cl)cc4)cc23)CC1. The highest BCUT2D eigenvalue weighted by molar-refractivity contribution is 6.30. The van der Waals surface area contributed by atoms with Crippen LogP contribution in [0.5, 0.6) is 0 Å². The minimum atomic E-state index is 0.103. The van der Waals surface area contributed by atoms with Gasteiger partial charge in [0.05, 0.1) is 5.52 Å². The van der Waals surface area contributed by atoms with Gasteiger partial charge in [0.15, 0.2) is 0 Å². The number of fused-ring (bicyclic) bond motifs is 1. The molecule has 0 spiro atoms. The molecular formula is C20H20ClN5O. The van der Waals surface area contributed by atoms with E-state index < -0.39 is 0 Å². The number of amides is 1. The van der Waals surface area contributed by atoms with Crippen LogP contribution in [0.1, 0.15) is 6.92 Å². The van der Waals surface area contributed by atoms with Crippen molar-refractivity contribution >= 4 is 40.2 Å². The van der Waals surface area contributed by atoms with Gasteiger partial charge in [-0.3, -0.25) is 4.79 Å². The highest BCUT2D eigenvalue weighted by Gasteiger charge is 2.22. The Kier molecular flexibility index (Phi) is 4.58. The number of benzene rings is 2. The van der Waals surface area contributed by atoms with Crippen LogP contribution in [-0.4, -0.2) is 47.0 Å². The van der Waals surface area contributed by atoms with Crippen molar-refractivity contribution in [3.63, 3.8) is 0 Å². The van der Waals surface area contributed by atoms with Gasteiger partial charge in [0, 0.05) is 43.5 Å². The summed E-state index contributed by atoms with van der Waals surface area (Å²) in [6.07, 6.45) is 0. The maximum Gasteiger partial charge on any atom is 0.222 e. The van der Waals surface area contributed by atoms with Crippen molar-refractivity contribution in [2.24, 2.45) is 0 Å². The number of nitrogen functional groups attached to an aromatic ring is 1. The van der Waals surface area contributed by atoms with Crippen LogP contribution in [0.25, 0.3) is 22.0 Å². The highest BCUT2D eigenvalue weighted by Crippen LogP contribution is 2.31. The van der Waals surface area contributed by atoms with Crippen LogP contribution in [0.2, 0.25) is 5.02 Å². The predicted molar refractivity (Wildman–Crippen MR) is 109 cm³/mol. The van der Waals surface area contributed by atoms with Gasteiger partial charge < -0.3 is 15.5 Å². The molecule has 1 aliphatic heterocycles. The number of nitrogens with zero attached hydrogens (tertiary/aromatic N) is 4. The average Bonchev–Trinajstić information content (AvgIpc) is 2.68. The van der Waals surface area contributed by atoms with Crippen molar-refractivity contribution in [3.05, 3.63) is 47.5 Å². The van der Waals surface area contributed by atoms with E-state index in [0.29, 0.717) is 18.1 Å². The second-order valence-corrected chi connectivity index (χ2v) is 7.07. The van der Waals surface area contributed by atoms with E-state index in [2.05, 4.69) is 20.9 Å². The number of aromatic nitrogens is 2. The molecule has 2 heterocycles. The van der Waals surface area contributed by atoms with Crippen LogP contribution in [0, 0.1) is 0 Å². The number of piperazine rings is 1. The molecule has 1 aromatic heterocycles. The number of hydrogen-bond acceptors (Lipinski definition) is 5. The molecule has 0 saturated carbocycles. The lowest BCUT2D eigenvalue weighted by atomic mass is 10.0. The Morgan fingerprint density at radius 3 is 2.33 bits per heavy atom. The monoisotopic (exact) mass is 381 g/mol. The highest BCUT2D eigenvalue weighted by atomic mass is 35.5. The van der Waals surface area contributed by atoms with Gasteiger partial charge in [0.1, 0.15) is 5.82 Å². The Hall–Kier alpha value is -2.86. The van der Waals surface area contributed by atoms with Crippen molar-refractivity contribution in [1.29, 1.82) is 0 Å². The van der Waals surface area contributed by atoms with E-state index in [9.17, 15) is 4.79 Å². The number of halogens is 1. The van der Waals surface area contributed by atoms with E-state index in [1.807, 2.05) is 41.3 Å². The minimum absolute atomic E-state index is 0.103. The van der Waals surface area contributed by atoms with Gasteiger partial charge in [-0.2, -0.15) is 4.98 Å². The molecule has 2 aromatic carbocycles. The summed E-state index contributed by atoms with van der Waals surface area (Å²) in [7, 11) is 0. The summed E-state index contributed by atoms with van der Waals surface area (Å²) in [5, 5.41) is 1.66. The fourth-order valence-corrected chi connectivity index (χ4v) is 3.55. The molecule has 1 aliphatic rings. The molecule has 3 aromatic rings. The normalized spacial score (nSPS) is 14.6. The Morgan fingerprint density at radius 2 is 1.67 bits per heavy atom. The van der Waals surface area contributed by atoms with Gasteiger partial charge in [0.2, 0.25) is 11.9 Å². The average molecular weight is 382 g/mol. The zero-order valence-electron chi connectivity index (χ0n) is 15.0. The first-order valence-corrected chi connectivity index (χ1v) is 9.23. The van der Waals surface area contributed by atoms with Gasteiger partial charge in [-0.25, -0.2) is 4.98 Å². The molecule has 0 radical (unpaired) electrons. The Balaban J connectivity index is 1.74. The first-order valence-electron chi connectivity index (χ1n) is 8.85. The lowest BCUT2D eigenvalue weighted by molar-refractivity contribution is -0.129. The lowest BCUT2D eigenvalue weighted by Crippen LogP contribution is -2.48. The molecule has 0 unspecified atom stereocenters. The maximum absolute atomic E-state index is 11.6. The third-order valence-corrected chi connectivity index (χ3v) is 5.15. The molecule has 7 heteroatoms. The van der Waals surface area contributed by atoms with E-state index >= 15 is 0 Å². The summed E-state index contributed by atoms with van der Waals surface area (Å²) >= 11 is 6.00. The fraction of sp³-hybridized carbons (Fsp3) is 0.250. The first-order chi connectivity index (χ1) is 13.0. The summed E-state index contributed by atoms with van der Waals surface area (Å²) in [6.45, 7) is 4.40. The van der Waals surface area contributed by atoms with Gasteiger partial charge >= 0.3 is 0 Å². The Labute approximate surface area is 162 Å². The molecule has 0 bridgehead atoms. The third kappa shape index (κ3) is 3.53. The number of hydrogen-bond donors (Lipinski definition) is 1. The van der Waals surface area contributed by atoms with Gasteiger partial charge in [-0.1, -0.05) is 29.8 Å². The smallest absolute Gasteiger partial charge is 0.222 e. The van der Waals surface area contributed by atoms with E-state index in [-0.39, 0.29) is 11.9 Å². The van der Waals surface area contributed by atoms with Crippen LogP contribution in [0.15, 0.2) is 42.5 Å². The molecule has 1 saturated heterocycles. The Bertz CT molecular complexity index is 997. The van der Waals surface area contributed by atoms with Gasteiger partial charge in [0.25, 0.3) is 0 Å². The molecule has 0 aliphatic carbocycles. The molecular weight excluding hydrogens is 362 g/mol. The second-order valence-electron chi connectivity index (χ2n) is 6.64. The van der Waals surface area contributed by atoms with Crippen LogP contribution in [0.4, 0.5) is 11.8 Å². The van der Waals surface area contributed by atoms with Crippen LogP contribution < -0.4 is 10.6 Å². The van der Waals surface area contributed by atoms with Crippen LogP contribution in [-0.2, 0) is 4.79 Å². The zero-order valence-corrected chi connectivity index (χ0v) is 15.8. The van der Waals surface area contributed by atoms with Crippen molar-refractivity contribution in [1.82, 2.24) is 14.9 Å². The van der Waals surface area contributed by atoms with Crippen LogP contribution in [0.3, 0.4) is 0 Å². The topological polar surface area (TPSA) is 75.4 Å². The molecule has 1 amide bonds. The number of carbonyl (C=O) groups is 1. The van der Waals surface area contributed by atoms with E-state index in [1.165, 1.54) is 0 Å². The second kappa shape index (κ2) is 7.04. The lowest BCUT2D eigenvalue weighted by Gasteiger charge is -2.35. The van der Waals surface area contributed by atoms with Gasteiger partial charge in [-0.05, 0) is 35.4 Å². The van der Waals surface area contributed by atoms with Crippen molar-refractivity contribution in [3.8, 4) is 11.1 Å². The summed E-state index contributed by atoms with van der Waals surface area (Å²) in [4.78, 5) is 24.5. The van der Waals surface area contributed by atoms with E-state index in [1.54, 1.807) is 6.92 Å². The maximum atomic E-state index is 11.6. The molecule has 4 rings (SSSR count). The zero-order chi connectivity index (χ0) is 19.0. The van der Waals surface area contributed by atoms with Crippen LogP contribution >= 0.6 is 11.6 Å². The molecule has 1 fully saturated rings. The van der Waals surface area contributed by atoms with Gasteiger partial charge in [-0.15, -0.1) is 0 Å². The van der Waals surface area contributed by atoms with Crippen molar-refractivity contribution in [2.45, 2.75) is 6.92 Å². The number of carbonyl (C=O) groups excluding carboxylic acids is 1. The number of nitrogens with two attached hydrogens (primary N) is 1. The largest absolute Gasteiger partial charge is 0.368 e. The standard InChI is InChI=1S/C20H20ClN5O/c1-13(27)25-8-10-26(11-9-25)19-17-12-15(14-2-5-16(21)6-3-14)4-7-18(17)23-20(22)24-19/h2-7,12H,8-11H2,1H3,(H2,22,23,24). The summed E-state index contributed by atoms with van der Waals surface area (Å²) in [5.74, 6) is 1.17. The fourth-order valence-electron chi connectivity index (χ4n) is 3.43. The predicted octanol–water partition coefficient (Wildman–Crippen LogP) is 3.20. The first kappa shape index (κ1) is 17.5. The molecule has 138 valence electrons. The number of rotatable bonds is 2.